The molecule has 1 aliphatic heterocycles. The molecule has 2 N–H and O–H groups in total. The summed E-state index contributed by atoms with van der Waals surface area (Å²) in [5, 5.41) is 6.48. The summed E-state index contributed by atoms with van der Waals surface area (Å²) in [6, 6.07) is 0.250. The van der Waals surface area contributed by atoms with Crippen molar-refractivity contribution in [1.82, 2.24) is 10.6 Å². The molecular formula is C23H36N2O2. The normalized spacial score (nSPS) is 46.1. The predicted molar refractivity (Wildman–Crippen MR) is 107 cm³/mol. The Hall–Kier alpha value is -1.32. The van der Waals surface area contributed by atoms with Gasteiger partial charge in [-0.15, -0.1) is 0 Å². The van der Waals surface area contributed by atoms with Crippen molar-refractivity contribution in [1.29, 1.82) is 0 Å². The van der Waals surface area contributed by atoms with Gasteiger partial charge in [0.1, 0.15) is 0 Å². The van der Waals surface area contributed by atoms with Crippen LogP contribution in [0.4, 0.5) is 0 Å². The first-order valence-corrected chi connectivity index (χ1v) is 10.8. The summed E-state index contributed by atoms with van der Waals surface area (Å²) in [7, 11) is 0. The minimum atomic E-state index is -0.180. The third kappa shape index (κ3) is 3.03. The average Bonchev–Trinajstić information content (AvgIpc) is 2.89. The highest BCUT2D eigenvalue weighted by atomic mass is 16.2. The Morgan fingerprint density at radius 1 is 1.19 bits per heavy atom. The molecule has 4 aliphatic rings. The Morgan fingerprint density at radius 3 is 2.63 bits per heavy atom. The third-order valence-corrected chi connectivity index (χ3v) is 8.45. The van der Waals surface area contributed by atoms with Crippen LogP contribution < -0.4 is 10.6 Å². The maximum absolute atomic E-state index is 13.1. The third-order valence-electron chi connectivity index (χ3n) is 8.45. The highest BCUT2D eigenvalue weighted by molar-refractivity contribution is 5.89. The van der Waals surface area contributed by atoms with Crippen molar-refractivity contribution in [3.63, 3.8) is 0 Å². The zero-order valence-electron chi connectivity index (χ0n) is 17.6. The second-order valence-corrected chi connectivity index (χ2v) is 11.2. The van der Waals surface area contributed by atoms with E-state index in [1.165, 1.54) is 19.3 Å². The summed E-state index contributed by atoms with van der Waals surface area (Å²) in [6.45, 7) is 10.9. The van der Waals surface area contributed by atoms with E-state index in [1.807, 2.05) is 0 Å². The largest absolute Gasteiger partial charge is 0.351 e. The van der Waals surface area contributed by atoms with Crippen LogP contribution in [0.1, 0.15) is 73.1 Å². The monoisotopic (exact) mass is 372 g/mol. The van der Waals surface area contributed by atoms with Crippen molar-refractivity contribution < 1.29 is 9.59 Å². The highest BCUT2D eigenvalue weighted by Crippen LogP contribution is 2.64. The molecule has 150 valence electrons. The Bertz CT molecular complexity index is 678. The minimum Gasteiger partial charge on any atom is -0.351 e. The second kappa shape index (κ2) is 6.09. The smallest absolute Gasteiger partial charge is 0.243 e. The Kier molecular flexibility index (Phi) is 4.29. The van der Waals surface area contributed by atoms with Gasteiger partial charge in [0, 0.05) is 22.9 Å². The van der Waals surface area contributed by atoms with Gasteiger partial charge >= 0.3 is 0 Å². The first kappa shape index (κ1) is 19.0. The van der Waals surface area contributed by atoms with E-state index in [9.17, 15) is 9.59 Å². The first-order valence-electron chi connectivity index (χ1n) is 10.8. The summed E-state index contributed by atoms with van der Waals surface area (Å²) in [5.41, 5.74) is -0.0732. The molecule has 4 rings (SSSR count). The van der Waals surface area contributed by atoms with Crippen molar-refractivity contribution in [3.8, 4) is 0 Å². The van der Waals surface area contributed by atoms with E-state index in [0.717, 1.165) is 25.2 Å². The minimum absolute atomic E-state index is 0.0262. The van der Waals surface area contributed by atoms with E-state index in [-0.39, 0.29) is 40.1 Å². The zero-order chi connectivity index (χ0) is 19.6. The summed E-state index contributed by atoms with van der Waals surface area (Å²) < 4.78 is 0. The van der Waals surface area contributed by atoms with Crippen molar-refractivity contribution in [2.75, 3.05) is 0 Å². The molecule has 3 aliphatic carbocycles. The SMILES string of the molecule is CC(C)(C)NC(=O)[C@H]1CC[C@H]2C[C@@H]3CC[C@H]4NC(=O)C=C[C@]4(C)[C@H]3C[C@@]21C. The van der Waals surface area contributed by atoms with Gasteiger partial charge in [-0.2, -0.15) is 0 Å². The van der Waals surface area contributed by atoms with Crippen LogP contribution in [0.15, 0.2) is 12.2 Å². The first-order chi connectivity index (χ1) is 12.5. The number of nitrogens with one attached hydrogen (secondary N) is 2. The number of hydrogen-bond acceptors (Lipinski definition) is 2. The van der Waals surface area contributed by atoms with Gasteiger partial charge in [-0.3, -0.25) is 9.59 Å². The molecular weight excluding hydrogens is 336 g/mol. The molecule has 0 spiro atoms. The van der Waals surface area contributed by atoms with Crippen LogP contribution >= 0.6 is 0 Å². The molecule has 0 aromatic rings. The summed E-state index contributed by atoms with van der Waals surface area (Å²) >= 11 is 0. The molecule has 0 saturated heterocycles. The molecule has 4 nitrogen and oxygen atoms in total. The molecule has 0 aromatic heterocycles. The van der Waals surface area contributed by atoms with Gasteiger partial charge in [-0.25, -0.2) is 0 Å². The van der Waals surface area contributed by atoms with Gasteiger partial charge in [-0.05, 0) is 88.5 Å². The molecule has 27 heavy (non-hydrogen) atoms. The average molecular weight is 373 g/mol. The van der Waals surface area contributed by atoms with E-state index in [1.54, 1.807) is 6.08 Å². The maximum atomic E-state index is 13.1. The van der Waals surface area contributed by atoms with Crippen LogP contribution in [0.3, 0.4) is 0 Å². The van der Waals surface area contributed by atoms with Gasteiger partial charge in [0.25, 0.3) is 0 Å². The topological polar surface area (TPSA) is 58.2 Å². The summed E-state index contributed by atoms with van der Waals surface area (Å²) in [5.74, 6) is 2.37. The predicted octanol–water partition coefficient (Wildman–Crippen LogP) is 3.81. The lowest BCUT2D eigenvalue weighted by Gasteiger charge is -2.58. The number of fused-ring (bicyclic) bond motifs is 4. The number of amides is 2. The lowest BCUT2D eigenvalue weighted by Crippen LogP contribution is -2.59. The molecule has 7 atom stereocenters. The molecule has 2 amide bonds. The molecule has 3 fully saturated rings. The van der Waals surface area contributed by atoms with Crippen molar-refractivity contribution >= 4 is 11.8 Å². The Labute approximate surface area is 163 Å². The zero-order valence-corrected chi connectivity index (χ0v) is 17.6. The van der Waals surface area contributed by atoms with Crippen LogP contribution in [0.2, 0.25) is 0 Å². The van der Waals surface area contributed by atoms with Gasteiger partial charge in [0.2, 0.25) is 11.8 Å². The lowest BCUT2D eigenvalue weighted by atomic mass is 9.48. The van der Waals surface area contributed by atoms with Crippen molar-refractivity contribution in [2.45, 2.75) is 84.7 Å². The number of carbonyl (C=O) groups excluding carboxylic acids is 2. The van der Waals surface area contributed by atoms with Gasteiger partial charge in [-0.1, -0.05) is 19.9 Å². The fraction of sp³-hybridized carbons (Fsp3) is 0.826. The molecule has 1 heterocycles. The van der Waals surface area contributed by atoms with Gasteiger partial charge < -0.3 is 10.6 Å². The van der Waals surface area contributed by atoms with Crippen molar-refractivity contribution in [2.24, 2.45) is 34.5 Å². The summed E-state index contributed by atoms with van der Waals surface area (Å²) in [4.78, 5) is 25.0. The Balaban J connectivity index is 1.62. The molecule has 0 aromatic carbocycles. The molecule has 3 saturated carbocycles. The van der Waals surface area contributed by atoms with Crippen LogP contribution in [-0.4, -0.2) is 23.4 Å². The van der Waals surface area contributed by atoms with E-state index in [4.69, 9.17) is 0 Å². The molecule has 0 bridgehead atoms. The Morgan fingerprint density at radius 2 is 1.93 bits per heavy atom. The fourth-order valence-electron chi connectivity index (χ4n) is 7.00. The maximum Gasteiger partial charge on any atom is 0.243 e. The van der Waals surface area contributed by atoms with E-state index in [2.05, 4.69) is 51.3 Å². The van der Waals surface area contributed by atoms with E-state index >= 15 is 0 Å². The van der Waals surface area contributed by atoms with Crippen LogP contribution in [0.5, 0.6) is 0 Å². The number of rotatable bonds is 1. The van der Waals surface area contributed by atoms with Crippen LogP contribution in [-0.2, 0) is 9.59 Å². The standard InChI is InChI=1S/C23H36N2O2/c1-21(2,3)25-20(27)16-8-7-15-12-14-6-9-18-22(4,11-10-19(26)24-18)17(14)13-23(15,16)5/h10-11,14-18H,6-9,12-13H2,1-5H3,(H,24,26)(H,25,27)/t14-,15-,16+,17-,18+,22+,23-/m0/s1. The quantitative estimate of drug-likeness (QED) is 0.735. The summed E-state index contributed by atoms with van der Waals surface area (Å²) in [6.07, 6.45) is 10.8. The molecule has 0 unspecified atom stereocenters. The number of hydrogen-bond donors (Lipinski definition) is 2. The fourth-order valence-corrected chi connectivity index (χ4v) is 7.00. The highest BCUT2D eigenvalue weighted by Gasteiger charge is 2.60. The molecule has 0 radical (unpaired) electrons. The van der Waals surface area contributed by atoms with E-state index < -0.39 is 0 Å². The molecule has 4 heteroatoms. The van der Waals surface area contributed by atoms with Crippen LogP contribution in [0.25, 0.3) is 0 Å². The van der Waals surface area contributed by atoms with Crippen LogP contribution in [0, 0.1) is 34.5 Å². The van der Waals surface area contributed by atoms with E-state index in [0.29, 0.717) is 11.8 Å². The van der Waals surface area contributed by atoms with Gasteiger partial charge in [0.05, 0.1) is 0 Å². The van der Waals surface area contributed by atoms with Gasteiger partial charge in [0.15, 0.2) is 0 Å². The lowest BCUT2D eigenvalue weighted by molar-refractivity contribution is -0.134. The number of carbonyl (C=O) groups is 2. The van der Waals surface area contributed by atoms with Crippen molar-refractivity contribution in [3.05, 3.63) is 12.2 Å². The second-order valence-electron chi connectivity index (χ2n) is 11.2.